The van der Waals surface area contributed by atoms with E-state index in [1.807, 2.05) is 12.1 Å². The molecule has 2 unspecified atom stereocenters. The van der Waals surface area contributed by atoms with Crippen molar-refractivity contribution < 1.29 is 19.4 Å². The third kappa shape index (κ3) is 3.64. The monoisotopic (exact) mass is 393 g/mol. The van der Waals surface area contributed by atoms with Crippen LogP contribution in [-0.4, -0.2) is 34.5 Å². The zero-order valence-electron chi connectivity index (χ0n) is 14.0. The standard InChI is InChI=1S/C19H17Cl2NO4/c1-11(26-16-8-4-7-15(20)17(16)21)18(23)22-9-12-5-2-3-6-13(12)14(10-22)19(24)25/h2-8,11,14H,9-10H2,1H3,(H,24,25). The highest BCUT2D eigenvalue weighted by Gasteiger charge is 2.34. The van der Waals surface area contributed by atoms with E-state index in [1.54, 1.807) is 37.3 Å². The van der Waals surface area contributed by atoms with Crippen molar-refractivity contribution in [1.29, 1.82) is 0 Å². The summed E-state index contributed by atoms with van der Waals surface area (Å²) in [7, 11) is 0. The van der Waals surface area contributed by atoms with Crippen LogP contribution in [0.15, 0.2) is 42.5 Å². The third-order valence-electron chi connectivity index (χ3n) is 4.37. The summed E-state index contributed by atoms with van der Waals surface area (Å²) >= 11 is 12.1. The summed E-state index contributed by atoms with van der Waals surface area (Å²) in [5.74, 6) is -1.71. The summed E-state index contributed by atoms with van der Waals surface area (Å²) < 4.78 is 5.67. The van der Waals surface area contributed by atoms with Crippen LogP contribution >= 0.6 is 23.2 Å². The van der Waals surface area contributed by atoms with Crippen molar-refractivity contribution in [2.75, 3.05) is 6.54 Å². The topological polar surface area (TPSA) is 66.8 Å². The first-order valence-corrected chi connectivity index (χ1v) is 8.84. The number of ether oxygens (including phenoxy) is 1. The first kappa shape index (κ1) is 18.5. The fourth-order valence-corrected chi connectivity index (χ4v) is 3.40. The van der Waals surface area contributed by atoms with Crippen molar-refractivity contribution in [2.45, 2.75) is 25.5 Å². The van der Waals surface area contributed by atoms with Gasteiger partial charge >= 0.3 is 5.97 Å². The molecule has 0 saturated heterocycles. The molecular formula is C19H17Cl2NO4. The molecule has 0 aromatic heterocycles. The van der Waals surface area contributed by atoms with E-state index in [-0.39, 0.29) is 17.5 Å². The maximum Gasteiger partial charge on any atom is 0.312 e. The fraction of sp³-hybridized carbons (Fsp3) is 0.263. The molecule has 3 rings (SSSR count). The van der Waals surface area contributed by atoms with Crippen LogP contribution in [0.25, 0.3) is 0 Å². The molecule has 136 valence electrons. The molecule has 1 amide bonds. The van der Waals surface area contributed by atoms with Gasteiger partial charge in [0.15, 0.2) is 6.10 Å². The highest BCUT2D eigenvalue weighted by atomic mass is 35.5. The highest BCUT2D eigenvalue weighted by molar-refractivity contribution is 6.42. The normalized spacial score (nSPS) is 17.3. The largest absolute Gasteiger partial charge is 0.481 e. The number of carbonyl (C=O) groups is 2. The number of aliphatic carboxylic acids is 1. The van der Waals surface area contributed by atoms with Crippen LogP contribution in [-0.2, 0) is 16.1 Å². The molecule has 0 aliphatic carbocycles. The van der Waals surface area contributed by atoms with Crippen molar-refractivity contribution in [3.05, 3.63) is 63.6 Å². The summed E-state index contributed by atoms with van der Waals surface area (Å²) in [5, 5.41) is 10.1. The number of carbonyl (C=O) groups excluding carboxylic acids is 1. The number of hydrogen-bond acceptors (Lipinski definition) is 3. The van der Waals surface area contributed by atoms with E-state index < -0.39 is 18.0 Å². The predicted octanol–water partition coefficient (Wildman–Crippen LogP) is 3.97. The Morgan fingerprint density at radius 2 is 1.92 bits per heavy atom. The maximum atomic E-state index is 12.8. The lowest BCUT2D eigenvalue weighted by molar-refractivity contribution is -0.143. The molecular weight excluding hydrogens is 377 g/mol. The van der Waals surface area contributed by atoms with Crippen molar-refractivity contribution in [3.8, 4) is 5.75 Å². The van der Waals surface area contributed by atoms with Gasteiger partial charge in [0.05, 0.1) is 10.9 Å². The van der Waals surface area contributed by atoms with E-state index in [2.05, 4.69) is 0 Å². The molecule has 0 radical (unpaired) electrons. The molecule has 0 fully saturated rings. The van der Waals surface area contributed by atoms with Gasteiger partial charge in [-0.05, 0) is 30.2 Å². The molecule has 2 aromatic rings. The third-order valence-corrected chi connectivity index (χ3v) is 5.17. The molecule has 5 nitrogen and oxygen atoms in total. The quantitative estimate of drug-likeness (QED) is 0.852. The van der Waals surface area contributed by atoms with Gasteiger partial charge in [-0.2, -0.15) is 0 Å². The van der Waals surface area contributed by atoms with Crippen molar-refractivity contribution in [2.24, 2.45) is 0 Å². The minimum absolute atomic E-state index is 0.0994. The average molecular weight is 394 g/mol. The molecule has 0 bridgehead atoms. The summed E-state index contributed by atoms with van der Waals surface area (Å²) in [6.07, 6.45) is -0.828. The number of hydrogen-bond donors (Lipinski definition) is 1. The highest BCUT2D eigenvalue weighted by Crippen LogP contribution is 2.33. The molecule has 2 atom stereocenters. The number of amides is 1. The lowest BCUT2D eigenvalue weighted by Gasteiger charge is -2.34. The Morgan fingerprint density at radius 1 is 1.19 bits per heavy atom. The zero-order valence-corrected chi connectivity index (χ0v) is 15.5. The second kappa shape index (κ2) is 7.56. The minimum atomic E-state index is -0.957. The summed E-state index contributed by atoms with van der Waals surface area (Å²) in [5.41, 5.74) is 1.57. The van der Waals surface area contributed by atoms with Crippen LogP contribution in [0.1, 0.15) is 24.0 Å². The van der Waals surface area contributed by atoms with Gasteiger partial charge in [-0.25, -0.2) is 0 Å². The Hall–Kier alpha value is -2.24. The Morgan fingerprint density at radius 3 is 2.65 bits per heavy atom. The molecule has 1 aliphatic heterocycles. The Bertz CT molecular complexity index is 855. The molecule has 1 N–H and O–H groups in total. The van der Waals surface area contributed by atoms with Gasteiger partial charge < -0.3 is 14.7 Å². The van der Waals surface area contributed by atoms with Gasteiger partial charge in [0, 0.05) is 13.1 Å². The number of nitrogens with zero attached hydrogens (tertiary/aromatic N) is 1. The van der Waals surface area contributed by atoms with Gasteiger partial charge in [-0.15, -0.1) is 0 Å². The van der Waals surface area contributed by atoms with E-state index >= 15 is 0 Å². The smallest absolute Gasteiger partial charge is 0.312 e. The molecule has 2 aromatic carbocycles. The maximum absolute atomic E-state index is 12.8. The van der Waals surface area contributed by atoms with Crippen LogP contribution in [0.4, 0.5) is 0 Å². The van der Waals surface area contributed by atoms with Crippen molar-refractivity contribution in [3.63, 3.8) is 0 Å². The number of benzene rings is 2. The Labute approximate surface area is 161 Å². The van der Waals surface area contributed by atoms with Gasteiger partial charge in [-0.1, -0.05) is 53.5 Å². The SMILES string of the molecule is CC(Oc1cccc(Cl)c1Cl)C(=O)N1Cc2ccccc2C(C(=O)O)C1. The first-order valence-electron chi connectivity index (χ1n) is 8.08. The summed E-state index contributed by atoms with van der Waals surface area (Å²) in [4.78, 5) is 25.9. The van der Waals surface area contributed by atoms with Crippen LogP contribution < -0.4 is 4.74 Å². The Kier molecular flexibility index (Phi) is 5.39. The summed E-state index contributed by atoms with van der Waals surface area (Å²) in [6.45, 7) is 2.05. The second-order valence-electron chi connectivity index (χ2n) is 6.12. The minimum Gasteiger partial charge on any atom is -0.481 e. The van der Waals surface area contributed by atoms with Crippen LogP contribution in [0.5, 0.6) is 5.75 Å². The zero-order chi connectivity index (χ0) is 18.8. The average Bonchev–Trinajstić information content (AvgIpc) is 2.63. The number of halogens is 2. The summed E-state index contributed by atoms with van der Waals surface area (Å²) in [6, 6.07) is 12.2. The number of rotatable bonds is 4. The van der Waals surface area contributed by atoms with Crippen molar-refractivity contribution in [1.82, 2.24) is 4.90 Å². The van der Waals surface area contributed by atoms with Gasteiger partial charge in [0.2, 0.25) is 0 Å². The molecule has 0 spiro atoms. The van der Waals surface area contributed by atoms with E-state index in [0.717, 1.165) is 11.1 Å². The second-order valence-corrected chi connectivity index (χ2v) is 6.91. The van der Waals surface area contributed by atoms with E-state index in [1.165, 1.54) is 4.90 Å². The van der Waals surface area contributed by atoms with E-state index in [0.29, 0.717) is 17.3 Å². The van der Waals surface area contributed by atoms with E-state index in [4.69, 9.17) is 27.9 Å². The molecule has 26 heavy (non-hydrogen) atoms. The van der Waals surface area contributed by atoms with Crippen LogP contribution in [0.2, 0.25) is 10.0 Å². The molecule has 0 saturated carbocycles. The number of carboxylic acids is 1. The molecule has 1 aliphatic rings. The lowest BCUT2D eigenvalue weighted by Crippen LogP contribution is -2.45. The van der Waals surface area contributed by atoms with Gasteiger partial charge in [0.25, 0.3) is 5.91 Å². The Balaban J connectivity index is 1.79. The molecule has 1 heterocycles. The van der Waals surface area contributed by atoms with Crippen molar-refractivity contribution >= 4 is 35.1 Å². The predicted molar refractivity (Wildman–Crippen MR) is 98.8 cm³/mol. The fourth-order valence-electron chi connectivity index (χ4n) is 3.06. The molecule has 7 heteroatoms. The van der Waals surface area contributed by atoms with Crippen LogP contribution in [0.3, 0.4) is 0 Å². The van der Waals surface area contributed by atoms with E-state index in [9.17, 15) is 14.7 Å². The lowest BCUT2D eigenvalue weighted by atomic mass is 9.89. The first-order chi connectivity index (χ1) is 12.4. The van der Waals surface area contributed by atoms with Gasteiger partial charge in [0.1, 0.15) is 10.8 Å². The number of fused-ring (bicyclic) bond motifs is 1. The van der Waals surface area contributed by atoms with Gasteiger partial charge in [-0.3, -0.25) is 9.59 Å². The van der Waals surface area contributed by atoms with Crippen LogP contribution in [0, 0.1) is 0 Å². The number of carboxylic acid groups (broad SMARTS) is 1.